The minimum absolute atomic E-state index is 0.269. The maximum Gasteiger partial charge on any atom is 0.289 e. The minimum Gasteiger partial charge on any atom is -0.470 e. The van der Waals surface area contributed by atoms with E-state index < -0.39 is 5.72 Å². The molecular weight excluding hydrogens is 374 g/mol. The minimum atomic E-state index is -1.26. The number of carbonyl (C=O) groups is 1. The highest BCUT2D eigenvalue weighted by atomic mass is 32.1. The van der Waals surface area contributed by atoms with Crippen molar-refractivity contribution in [3.63, 3.8) is 0 Å². The molecule has 2 aromatic rings. The van der Waals surface area contributed by atoms with Crippen LogP contribution in [0.25, 0.3) is 10.2 Å². The van der Waals surface area contributed by atoms with Gasteiger partial charge in [0.1, 0.15) is 5.75 Å². The van der Waals surface area contributed by atoms with Gasteiger partial charge < -0.3 is 20.1 Å². The Labute approximate surface area is 168 Å². The molecule has 1 fully saturated rings. The van der Waals surface area contributed by atoms with Gasteiger partial charge in [0.25, 0.3) is 16.8 Å². The van der Waals surface area contributed by atoms with Crippen LogP contribution in [0.15, 0.2) is 42.6 Å². The van der Waals surface area contributed by atoms with E-state index in [0.717, 1.165) is 16.8 Å². The Bertz CT molecular complexity index is 901. The summed E-state index contributed by atoms with van der Waals surface area (Å²) in [5.41, 5.74) is -0.389. The first-order chi connectivity index (χ1) is 13.7. The number of fused-ring (bicyclic) bond motifs is 1. The number of hydrogen-bond acceptors (Lipinski definition) is 6. The number of dihydropyridines is 1. The van der Waals surface area contributed by atoms with Gasteiger partial charge in [0, 0.05) is 13.2 Å². The van der Waals surface area contributed by atoms with Crippen LogP contribution in [0, 0.1) is 5.92 Å². The molecule has 0 spiro atoms. The van der Waals surface area contributed by atoms with E-state index in [0.29, 0.717) is 16.9 Å². The molecule has 28 heavy (non-hydrogen) atoms. The van der Waals surface area contributed by atoms with Crippen LogP contribution in [0.4, 0.5) is 0 Å². The van der Waals surface area contributed by atoms with Gasteiger partial charge in [-0.1, -0.05) is 36.7 Å². The molecule has 0 saturated heterocycles. The van der Waals surface area contributed by atoms with E-state index in [1.165, 1.54) is 43.4 Å². The zero-order valence-electron chi connectivity index (χ0n) is 15.9. The van der Waals surface area contributed by atoms with Gasteiger partial charge in [0.05, 0.1) is 16.8 Å². The van der Waals surface area contributed by atoms with Crippen molar-refractivity contribution < 1.29 is 14.3 Å². The second kappa shape index (κ2) is 8.22. The largest absolute Gasteiger partial charge is 0.470 e. The summed E-state index contributed by atoms with van der Waals surface area (Å²) in [4.78, 5) is 17.0. The molecule has 6 nitrogen and oxygen atoms in total. The van der Waals surface area contributed by atoms with Crippen molar-refractivity contribution in [2.24, 2.45) is 5.92 Å². The summed E-state index contributed by atoms with van der Waals surface area (Å²) in [5.74, 6) is 0.962. The standard InChI is InChI=1S/C21H25N3O3S/c1-22-19(25)21(11-5-6-12-23-21)27-16-9-10-17-18(13-16)28-20(24-17)26-14-15-7-3-2-4-8-15/h5-6,9-13,15,23H,2-4,7-8,14H2,1H3,(H,22,25). The van der Waals surface area contributed by atoms with E-state index in [1.54, 1.807) is 25.4 Å². The Kier molecular flexibility index (Phi) is 5.52. The Balaban J connectivity index is 1.48. The van der Waals surface area contributed by atoms with E-state index in [4.69, 9.17) is 9.47 Å². The fraction of sp³-hybridized carbons (Fsp3) is 0.429. The van der Waals surface area contributed by atoms with Gasteiger partial charge in [-0.05, 0) is 49.1 Å². The highest BCUT2D eigenvalue weighted by Gasteiger charge is 2.37. The molecule has 1 saturated carbocycles. The third-order valence-electron chi connectivity index (χ3n) is 5.19. The molecule has 4 rings (SSSR count). The molecule has 2 N–H and O–H groups in total. The molecule has 1 unspecified atom stereocenters. The van der Waals surface area contributed by atoms with Crippen LogP contribution in [0.1, 0.15) is 32.1 Å². The fourth-order valence-electron chi connectivity index (χ4n) is 3.64. The van der Waals surface area contributed by atoms with Crippen molar-refractivity contribution in [3.8, 4) is 10.9 Å². The maximum atomic E-state index is 12.4. The lowest BCUT2D eigenvalue weighted by atomic mass is 9.90. The molecule has 1 aromatic heterocycles. The van der Waals surface area contributed by atoms with Gasteiger partial charge in [0.2, 0.25) is 0 Å². The van der Waals surface area contributed by atoms with Crippen molar-refractivity contribution >= 4 is 27.5 Å². The number of rotatable bonds is 6. The highest BCUT2D eigenvalue weighted by Crippen LogP contribution is 2.33. The molecule has 0 radical (unpaired) electrons. The van der Waals surface area contributed by atoms with Crippen LogP contribution in [0.5, 0.6) is 10.9 Å². The number of thiazole rings is 1. The van der Waals surface area contributed by atoms with Crippen molar-refractivity contribution in [1.29, 1.82) is 0 Å². The third kappa shape index (κ3) is 3.99. The predicted octanol–water partition coefficient (Wildman–Crippen LogP) is 3.75. The van der Waals surface area contributed by atoms with Gasteiger partial charge >= 0.3 is 0 Å². The fourth-order valence-corrected chi connectivity index (χ4v) is 4.49. The lowest BCUT2D eigenvalue weighted by Gasteiger charge is -2.31. The Morgan fingerprint density at radius 2 is 2.18 bits per heavy atom. The van der Waals surface area contributed by atoms with Gasteiger partial charge in [-0.2, -0.15) is 0 Å². The number of ether oxygens (including phenoxy) is 2. The van der Waals surface area contributed by atoms with Crippen LogP contribution in [0.3, 0.4) is 0 Å². The first-order valence-electron chi connectivity index (χ1n) is 9.75. The average molecular weight is 400 g/mol. The third-order valence-corrected chi connectivity index (χ3v) is 6.12. The van der Waals surface area contributed by atoms with Gasteiger partial charge in [0.15, 0.2) is 0 Å². The molecule has 148 valence electrons. The molecule has 7 heteroatoms. The highest BCUT2D eigenvalue weighted by molar-refractivity contribution is 7.20. The van der Waals surface area contributed by atoms with Crippen molar-refractivity contribution in [2.75, 3.05) is 13.7 Å². The number of hydrogen-bond donors (Lipinski definition) is 2. The number of amides is 1. The lowest BCUT2D eigenvalue weighted by Crippen LogP contribution is -2.58. The summed E-state index contributed by atoms with van der Waals surface area (Å²) in [5, 5.41) is 6.34. The monoisotopic (exact) mass is 399 g/mol. The Morgan fingerprint density at radius 3 is 2.93 bits per heavy atom. The van der Waals surface area contributed by atoms with Gasteiger partial charge in [-0.3, -0.25) is 4.79 Å². The first-order valence-corrected chi connectivity index (χ1v) is 10.6. The smallest absolute Gasteiger partial charge is 0.289 e. The molecule has 2 heterocycles. The molecule has 1 aromatic carbocycles. The van der Waals surface area contributed by atoms with Crippen LogP contribution in [0.2, 0.25) is 0 Å². The molecule has 1 aliphatic carbocycles. The summed E-state index contributed by atoms with van der Waals surface area (Å²) < 4.78 is 13.0. The second-order valence-electron chi connectivity index (χ2n) is 7.20. The van der Waals surface area contributed by atoms with Crippen molar-refractivity contribution in [3.05, 3.63) is 42.6 Å². The summed E-state index contributed by atoms with van der Waals surface area (Å²) in [6, 6.07) is 5.62. The van der Waals surface area contributed by atoms with Gasteiger partial charge in [-0.25, -0.2) is 4.98 Å². The SMILES string of the molecule is CNC(=O)C1(Oc2ccc3nc(OCC4CCCCC4)sc3c2)C=CC=CN1. The summed E-state index contributed by atoms with van der Waals surface area (Å²) in [6.45, 7) is 0.740. The molecular formula is C21H25N3O3S. The quantitative estimate of drug-likeness (QED) is 0.774. The normalized spacial score (nSPS) is 22.0. The molecule has 1 atom stereocenters. The lowest BCUT2D eigenvalue weighted by molar-refractivity contribution is -0.134. The Morgan fingerprint density at radius 1 is 1.32 bits per heavy atom. The van der Waals surface area contributed by atoms with E-state index in [2.05, 4.69) is 15.6 Å². The zero-order chi connectivity index (χ0) is 19.4. The van der Waals surface area contributed by atoms with Gasteiger partial charge in [-0.15, -0.1) is 0 Å². The average Bonchev–Trinajstić information content (AvgIpc) is 3.15. The number of benzene rings is 1. The topological polar surface area (TPSA) is 72.5 Å². The van der Waals surface area contributed by atoms with Crippen molar-refractivity contribution in [1.82, 2.24) is 15.6 Å². The summed E-state index contributed by atoms with van der Waals surface area (Å²) in [7, 11) is 1.59. The van der Waals surface area contributed by atoms with Crippen molar-refractivity contribution in [2.45, 2.75) is 37.8 Å². The number of nitrogens with zero attached hydrogens (tertiary/aromatic N) is 1. The molecule has 0 bridgehead atoms. The molecule has 1 amide bonds. The first kappa shape index (κ1) is 18.8. The van der Waals surface area contributed by atoms with Crippen LogP contribution in [-0.4, -0.2) is 30.3 Å². The van der Waals surface area contributed by atoms with Crippen LogP contribution < -0.4 is 20.1 Å². The summed E-state index contributed by atoms with van der Waals surface area (Å²) in [6.07, 6.45) is 13.4. The van der Waals surface area contributed by atoms with Crippen LogP contribution in [-0.2, 0) is 4.79 Å². The molecule has 1 aliphatic heterocycles. The number of likely N-dealkylation sites (N-methyl/N-ethyl adjacent to an activating group) is 1. The maximum absolute atomic E-state index is 12.4. The van der Waals surface area contributed by atoms with E-state index >= 15 is 0 Å². The Hall–Kier alpha value is -2.54. The molecule has 2 aliphatic rings. The van der Waals surface area contributed by atoms with E-state index in [9.17, 15) is 4.79 Å². The predicted molar refractivity (Wildman–Crippen MR) is 111 cm³/mol. The number of carbonyl (C=O) groups excluding carboxylic acids is 1. The zero-order valence-corrected chi connectivity index (χ0v) is 16.8. The van der Waals surface area contributed by atoms with E-state index in [1.807, 2.05) is 24.3 Å². The van der Waals surface area contributed by atoms with E-state index in [-0.39, 0.29) is 5.91 Å². The number of allylic oxidation sites excluding steroid dienone is 2. The number of nitrogens with one attached hydrogen (secondary N) is 2. The second-order valence-corrected chi connectivity index (χ2v) is 8.20. The number of aromatic nitrogens is 1. The summed E-state index contributed by atoms with van der Waals surface area (Å²) >= 11 is 1.51. The van der Waals surface area contributed by atoms with Crippen LogP contribution >= 0.6 is 11.3 Å².